The third-order valence-corrected chi connectivity index (χ3v) is 2.85. The largest absolute Gasteiger partial charge is 0.394 e. The summed E-state index contributed by atoms with van der Waals surface area (Å²) in [6.07, 6.45) is 4.01. The van der Waals surface area contributed by atoms with E-state index < -0.39 is 6.04 Å². The third kappa shape index (κ3) is 2.94. The van der Waals surface area contributed by atoms with Gasteiger partial charge in [0.25, 0.3) is 0 Å². The summed E-state index contributed by atoms with van der Waals surface area (Å²) in [6.45, 7) is 0.540. The third-order valence-electron chi connectivity index (χ3n) is 2.85. The maximum atomic E-state index is 13.0. The molecule has 1 atom stereocenters. The van der Waals surface area contributed by atoms with Gasteiger partial charge in [-0.05, 0) is 24.1 Å². The van der Waals surface area contributed by atoms with Gasteiger partial charge in [-0.15, -0.1) is 0 Å². The minimum Gasteiger partial charge on any atom is -0.394 e. The van der Waals surface area contributed by atoms with Crippen LogP contribution in [0.5, 0.6) is 0 Å². The summed E-state index contributed by atoms with van der Waals surface area (Å²) in [6, 6.07) is 6.08. The SMILES string of the molecule is NC(CO)c1cncn1CCc1cccc(F)c1. The molecule has 0 aliphatic heterocycles. The predicted molar refractivity (Wildman–Crippen MR) is 66.3 cm³/mol. The number of rotatable bonds is 5. The van der Waals surface area contributed by atoms with E-state index in [0.717, 1.165) is 11.3 Å². The van der Waals surface area contributed by atoms with Crippen LogP contribution in [-0.2, 0) is 13.0 Å². The zero-order valence-electron chi connectivity index (χ0n) is 9.96. The molecule has 18 heavy (non-hydrogen) atoms. The lowest BCUT2D eigenvalue weighted by Gasteiger charge is -2.12. The highest BCUT2D eigenvalue weighted by atomic mass is 19.1. The summed E-state index contributed by atoms with van der Waals surface area (Å²) in [5, 5.41) is 9.04. The fourth-order valence-corrected chi connectivity index (χ4v) is 1.86. The monoisotopic (exact) mass is 249 g/mol. The van der Waals surface area contributed by atoms with Crippen LogP contribution in [0.1, 0.15) is 17.3 Å². The number of hydrogen-bond acceptors (Lipinski definition) is 3. The number of aromatic nitrogens is 2. The lowest BCUT2D eigenvalue weighted by atomic mass is 10.1. The average molecular weight is 249 g/mol. The quantitative estimate of drug-likeness (QED) is 0.838. The number of aliphatic hydroxyl groups is 1. The molecule has 0 saturated carbocycles. The van der Waals surface area contributed by atoms with E-state index in [4.69, 9.17) is 10.8 Å². The number of nitrogens with zero attached hydrogens (tertiary/aromatic N) is 2. The van der Waals surface area contributed by atoms with Crippen molar-refractivity contribution in [3.8, 4) is 0 Å². The van der Waals surface area contributed by atoms with Crippen LogP contribution in [0.3, 0.4) is 0 Å². The van der Waals surface area contributed by atoms with Crippen molar-refractivity contribution < 1.29 is 9.50 Å². The Morgan fingerprint density at radius 1 is 1.44 bits per heavy atom. The van der Waals surface area contributed by atoms with Crippen molar-refractivity contribution in [2.24, 2.45) is 5.73 Å². The maximum Gasteiger partial charge on any atom is 0.123 e. The van der Waals surface area contributed by atoms with E-state index in [1.807, 2.05) is 10.6 Å². The molecule has 0 spiro atoms. The number of aryl methyl sites for hydroxylation is 2. The highest BCUT2D eigenvalue weighted by Crippen LogP contribution is 2.11. The summed E-state index contributed by atoms with van der Waals surface area (Å²) >= 11 is 0. The molecule has 0 aliphatic carbocycles. The van der Waals surface area contributed by atoms with Crippen molar-refractivity contribution in [1.82, 2.24) is 9.55 Å². The van der Waals surface area contributed by atoms with Gasteiger partial charge < -0.3 is 15.4 Å². The number of imidazole rings is 1. The molecule has 5 heteroatoms. The molecule has 4 nitrogen and oxygen atoms in total. The van der Waals surface area contributed by atoms with Gasteiger partial charge in [0.1, 0.15) is 5.82 Å². The zero-order chi connectivity index (χ0) is 13.0. The van der Waals surface area contributed by atoms with Crippen molar-refractivity contribution >= 4 is 0 Å². The molecule has 2 rings (SSSR count). The van der Waals surface area contributed by atoms with Crippen LogP contribution < -0.4 is 5.73 Å². The van der Waals surface area contributed by atoms with Crippen LogP contribution in [0.15, 0.2) is 36.8 Å². The second-order valence-electron chi connectivity index (χ2n) is 4.18. The lowest BCUT2D eigenvalue weighted by Crippen LogP contribution is -2.19. The van der Waals surface area contributed by atoms with Gasteiger partial charge in [0.2, 0.25) is 0 Å². The molecule has 1 aromatic heterocycles. The van der Waals surface area contributed by atoms with E-state index in [-0.39, 0.29) is 12.4 Å². The van der Waals surface area contributed by atoms with Crippen LogP contribution in [-0.4, -0.2) is 21.3 Å². The summed E-state index contributed by atoms with van der Waals surface area (Å²) in [4.78, 5) is 4.02. The van der Waals surface area contributed by atoms with Gasteiger partial charge in [-0.2, -0.15) is 0 Å². The van der Waals surface area contributed by atoms with Gasteiger partial charge in [-0.3, -0.25) is 0 Å². The van der Waals surface area contributed by atoms with Crippen molar-refractivity contribution in [3.05, 3.63) is 53.9 Å². The van der Waals surface area contributed by atoms with E-state index >= 15 is 0 Å². The first kappa shape index (κ1) is 12.7. The van der Waals surface area contributed by atoms with Gasteiger partial charge in [-0.25, -0.2) is 9.37 Å². The van der Waals surface area contributed by atoms with E-state index in [0.29, 0.717) is 13.0 Å². The maximum absolute atomic E-state index is 13.0. The highest BCUT2D eigenvalue weighted by Gasteiger charge is 2.10. The first-order valence-corrected chi connectivity index (χ1v) is 5.81. The van der Waals surface area contributed by atoms with Crippen LogP contribution in [0.25, 0.3) is 0 Å². The first-order chi connectivity index (χ1) is 8.70. The molecule has 0 saturated heterocycles. The Bertz CT molecular complexity index is 512. The van der Waals surface area contributed by atoms with Crippen molar-refractivity contribution in [3.63, 3.8) is 0 Å². The van der Waals surface area contributed by atoms with Crippen molar-refractivity contribution in [1.29, 1.82) is 0 Å². The van der Waals surface area contributed by atoms with Gasteiger partial charge in [0.05, 0.1) is 24.7 Å². The summed E-state index contributed by atoms with van der Waals surface area (Å²) in [7, 11) is 0. The first-order valence-electron chi connectivity index (χ1n) is 5.81. The molecule has 0 aliphatic rings. The molecule has 0 radical (unpaired) electrons. The molecular weight excluding hydrogens is 233 g/mol. The number of nitrogens with two attached hydrogens (primary N) is 1. The van der Waals surface area contributed by atoms with E-state index in [1.165, 1.54) is 12.1 Å². The smallest absolute Gasteiger partial charge is 0.123 e. The summed E-state index contributed by atoms with van der Waals surface area (Å²) < 4.78 is 14.9. The normalized spacial score (nSPS) is 12.6. The Morgan fingerprint density at radius 3 is 3.00 bits per heavy atom. The predicted octanol–water partition coefficient (Wildman–Crippen LogP) is 1.26. The van der Waals surface area contributed by atoms with Gasteiger partial charge in [0.15, 0.2) is 0 Å². The Labute approximate surface area is 105 Å². The second kappa shape index (κ2) is 5.75. The standard InChI is InChI=1S/C13H16FN3O/c14-11-3-1-2-10(6-11)4-5-17-9-16-7-13(17)12(15)8-18/h1-3,6-7,9,12,18H,4-5,8,15H2. The van der Waals surface area contributed by atoms with E-state index in [1.54, 1.807) is 18.6 Å². The Morgan fingerprint density at radius 2 is 2.28 bits per heavy atom. The van der Waals surface area contributed by atoms with E-state index in [2.05, 4.69) is 4.98 Å². The minimum absolute atomic E-state index is 0.119. The number of benzene rings is 1. The molecule has 1 aromatic carbocycles. The number of aliphatic hydroxyl groups excluding tert-OH is 1. The van der Waals surface area contributed by atoms with Crippen molar-refractivity contribution in [2.45, 2.75) is 19.0 Å². The topological polar surface area (TPSA) is 64.1 Å². The number of hydrogen-bond donors (Lipinski definition) is 2. The van der Waals surface area contributed by atoms with Crippen LogP contribution in [0, 0.1) is 5.82 Å². The number of halogens is 1. The Balaban J connectivity index is 2.04. The van der Waals surface area contributed by atoms with Gasteiger partial charge >= 0.3 is 0 Å². The molecule has 3 N–H and O–H groups in total. The average Bonchev–Trinajstić information content (AvgIpc) is 2.84. The Hall–Kier alpha value is -1.72. The van der Waals surface area contributed by atoms with Gasteiger partial charge in [0, 0.05) is 12.7 Å². The minimum atomic E-state index is -0.431. The molecular formula is C13H16FN3O. The Kier molecular flexibility index (Phi) is 4.07. The van der Waals surface area contributed by atoms with E-state index in [9.17, 15) is 4.39 Å². The molecule has 0 bridgehead atoms. The summed E-state index contributed by atoms with van der Waals surface area (Å²) in [5.74, 6) is -0.231. The van der Waals surface area contributed by atoms with Gasteiger partial charge in [-0.1, -0.05) is 12.1 Å². The highest BCUT2D eigenvalue weighted by molar-refractivity contribution is 5.16. The fourth-order valence-electron chi connectivity index (χ4n) is 1.86. The summed E-state index contributed by atoms with van der Waals surface area (Å²) in [5.41, 5.74) is 7.47. The lowest BCUT2D eigenvalue weighted by molar-refractivity contribution is 0.263. The van der Waals surface area contributed by atoms with Crippen LogP contribution in [0.2, 0.25) is 0 Å². The molecule has 1 heterocycles. The molecule has 96 valence electrons. The molecule has 2 aromatic rings. The van der Waals surface area contributed by atoms with Crippen LogP contribution >= 0.6 is 0 Å². The second-order valence-corrected chi connectivity index (χ2v) is 4.18. The molecule has 1 unspecified atom stereocenters. The zero-order valence-corrected chi connectivity index (χ0v) is 9.96. The van der Waals surface area contributed by atoms with Crippen molar-refractivity contribution in [2.75, 3.05) is 6.61 Å². The molecule has 0 amide bonds. The fraction of sp³-hybridized carbons (Fsp3) is 0.308. The van der Waals surface area contributed by atoms with Crippen LogP contribution in [0.4, 0.5) is 4.39 Å². The molecule has 0 fully saturated rings.